The van der Waals surface area contributed by atoms with E-state index >= 15 is 0 Å². The predicted molar refractivity (Wildman–Crippen MR) is 101 cm³/mol. The van der Waals surface area contributed by atoms with Gasteiger partial charge in [-0.05, 0) is 24.3 Å². The van der Waals surface area contributed by atoms with E-state index in [4.69, 9.17) is 23.1 Å². The van der Waals surface area contributed by atoms with Crippen LogP contribution in [0.3, 0.4) is 0 Å². The number of halogens is 1. The van der Waals surface area contributed by atoms with Gasteiger partial charge in [0.2, 0.25) is 11.7 Å². The molecule has 10 heteroatoms. The topological polar surface area (TPSA) is 145 Å². The highest BCUT2D eigenvalue weighted by atomic mass is 35.5. The average molecular weight is 405 g/mol. The molecule has 0 aromatic heterocycles. The minimum atomic E-state index is -4.04. The molecule has 8 nitrogen and oxygen atoms in total. The highest BCUT2D eigenvalue weighted by Gasteiger charge is 2.37. The summed E-state index contributed by atoms with van der Waals surface area (Å²) in [6.45, 7) is 0. The van der Waals surface area contributed by atoms with Crippen LogP contribution < -0.4 is 11.5 Å². The van der Waals surface area contributed by atoms with Crippen molar-refractivity contribution in [2.75, 3.05) is 0 Å². The Kier molecular flexibility index (Phi) is 4.81. The number of carbonyl (C=O) groups excluding carboxylic acids is 2. The molecule has 0 heterocycles. The molecule has 1 unspecified atom stereocenters. The van der Waals surface area contributed by atoms with E-state index in [1.54, 1.807) is 12.1 Å². The summed E-state index contributed by atoms with van der Waals surface area (Å²) in [6, 6.07) is 11.5. The molecule has 0 saturated heterocycles. The molecular weight excluding hydrogens is 392 g/mol. The Hall–Kier alpha value is -3.04. The third kappa shape index (κ3) is 3.60. The van der Waals surface area contributed by atoms with E-state index in [2.05, 4.69) is 9.39 Å². The van der Waals surface area contributed by atoms with Crippen molar-refractivity contribution >= 4 is 50.5 Å². The van der Waals surface area contributed by atoms with E-state index in [0.717, 1.165) is 0 Å². The van der Waals surface area contributed by atoms with Gasteiger partial charge in [-0.15, -0.1) is 16.0 Å². The lowest BCUT2D eigenvalue weighted by atomic mass is 9.88. The standard InChI is InChI=1S/C17H13ClN4O4S/c18-13-14(16(24)12-4-2-1-3-11(12)15(13)23)21-9-5-7-10(8-6-9)27(25,26)22-17(19)20/h1-8,13H,(H4,19,20,22). The second kappa shape index (κ2) is 6.93. The Morgan fingerprint density at radius 1 is 0.963 bits per heavy atom. The van der Waals surface area contributed by atoms with Crippen LogP contribution in [0.4, 0.5) is 5.69 Å². The van der Waals surface area contributed by atoms with Crippen molar-refractivity contribution in [3.05, 3.63) is 59.7 Å². The summed E-state index contributed by atoms with van der Waals surface area (Å²) in [7, 11) is -4.04. The molecule has 1 atom stereocenters. The van der Waals surface area contributed by atoms with Crippen molar-refractivity contribution in [1.82, 2.24) is 0 Å². The smallest absolute Gasteiger partial charge is 0.285 e. The summed E-state index contributed by atoms with van der Waals surface area (Å²) in [5, 5.41) is -1.22. The summed E-state index contributed by atoms with van der Waals surface area (Å²) < 4.78 is 27.0. The minimum absolute atomic E-state index is 0.125. The monoisotopic (exact) mass is 404 g/mol. The van der Waals surface area contributed by atoms with Crippen LogP contribution in [0.1, 0.15) is 20.7 Å². The van der Waals surface area contributed by atoms with Gasteiger partial charge in [0.25, 0.3) is 10.0 Å². The van der Waals surface area contributed by atoms with Crippen LogP contribution in [0.2, 0.25) is 0 Å². The summed E-state index contributed by atoms with van der Waals surface area (Å²) in [6.07, 6.45) is 0. The molecular formula is C17H13ClN4O4S. The summed E-state index contributed by atoms with van der Waals surface area (Å²) in [4.78, 5) is 29.0. The van der Waals surface area contributed by atoms with Crippen LogP contribution in [0.15, 0.2) is 62.8 Å². The quantitative estimate of drug-likeness (QED) is 0.449. The first kappa shape index (κ1) is 18.7. The Balaban J connectivity index is 1.99. The summed E-state index contributed by atoms with van der Waals surface area (Å²) in [5.74, 6) is -1.46. The van der Waals surface area contributed by atoms with Crippen molar-refractivity contribution in [3.8, 4) is 0 Å². The number of alkyl halides is 1. The fourth-order valence-corrected chi connectivity index (χ4v) is 3.67. The highest BCUT2D eigenvalue weighted by molar-refractivity contribution is 7.90. The van der Waals surface area contributed by atoms with Gasteiger partial charge in [-0.3, -0.25) is 9.59 Å². The van der Waals surface area contributed by atoms with Crippen molar-refractivity contribution in [1.29, 1.82) is 0 Å². The largest absolute Gasteiger partial charge is 0.369 e. The van der Waals surface area contributed by atoms with E-state index in [1.165, 1.54) is 36.4 Å². The zero-order valence-electron chi connectivity index (χ0n) is 13.7. The first-order valence-electron chi connectivity index (χ1n) is 7.57. The average Bonchev–Trinajstić information content (AvgIpc) is 2.63. The minimum Gasteiger partial charge on any atom is -0.369 e. The van der Waals surface area contributed by atoms with Crippen molar-refractivity contribution in [2.45, 2.75) is 10.3 Å². The molecule has 0 spiro atoms. The van der Waals surface area contributed by atoms with Gasteiger partial charge in [-0.1, -0.05) is 24.3 Å². The Morgan fingerprint density at radius 2 is 1.56 bits per heavy atom. The number of sulfonamides is 1. The number of hydrogen-bond donors (Lipinski definition) is 2. The number of ketones is 2. The highest BCUT2D eigenvalue weighted by Crippen LogP contribution is 2.26. The number of rotatable bonds is 3. The zero-order chi connectivity index (χ0) is 19.8. The predicted octanol–water partition coefficient (Wildman–Crippen LogP) is 1.41. The lowest BCUT2D eigenvalue weighted by molar-refractivity contribution is 0.0968. The van der Waals surface area contributed by atoms with Gasteiger partial charge in [-0.25, -0.2) is 4.99 Å². The van der Waals surface area contributed by atoms with Crippen LogP contribution in [0.5, 0.6) is 0 Å². The molecule has 138 valence electrons. The Labute approximate surface area is 159 Å². The first-order valence-corrected chi connectivity index (χ1v) is 9.45. The number of aliphatic imine (C=N–C) groups is 1. The molecule has 0 bridgehead atoms. The molecule has 4 N–H and O–H groups in total. The second-order valence-electron chi connectivity index (χ2n) is 5.58. The number of nitrogens with two attached hydrogens (primary N) is 2. The lowest BCUT2D eigenvalue weighted by Gasteiger charge is -2.19. The van der Waals surface area contributed by atoms with E-state index in [9.17, 15) is 18.0 Å². The number of Topliss-reactive ketones (excluding diaryl/α,β-unsaturated/α-hetero) is 2. The third-order valence-corrected chi connectivity index (χ3v) is 5.47. The number of fused-ring (bicyclic) bond motifs is 1. The van der Waals surface area contributed by atoms with Gasteiger partial charge in [0.05, 0.1) is 10.6 Å². The van der Waals surface area contributed by atoms with E-state index in [0.29, 0.717) is 0 Å². The van der Waals surface area contributed by atoms with Crippen LogP contribution in [-0.4, -0.2) is 37.0 Å². The number of carbonyl (C=O) groups is 2. The molecule has 1 aliphatic carbocycles. The normalized spacial score (nSPS) is 18.3. The van der Waals surface area contributed by atoms with Crippen molar-refractivity contribution in [2.24, 2.45) is 20.9 Å². The van der Waals surface area contributed by atoms with Gasteiger partial charge in [0.15, 0.2) is 5.78 Å². The second-order valence-corrected chi connectivity index (χ2v) is 7.62. The number of hydrogen-bond acceptors (Lipinski definition) is 5. The SMILES string of the molecule is NC(N)=NS(=O)(=O)c1ccc(N=C2C(=O)c3ccccc3C(=O)C2Cl)cc1. The molecule has 0 radical (unpaired) electrons. The maximum atomic E-state index is 12.6. The first-order chi connectivity index (χ1) is 12.7. The number of guanidine groups is 1. The molecule has 27 heavy (non-hydrogen) atoms. The van der Waals surface area contributed by atoms with Crippen LogP contribution >= 0.6 is 11.6 Å². The molecule has 0 aliphatic heterocycles. The van der Waals surface area contributed by atoms with Gasteiger partial charge in [-0.2, -0.15) is 8.42 Å². The summed E-state index contributed by atoms with van der Waals surface area (Å²) in [5.41, 5.74) is 10.8. The van der Waals surface area contributed by atoms with Gasteiger partial charge in [0, 0.05) is 11.1 Å². The van der Waals surface area contributed by atoms with Crippen LogP contribution in [0.25, 0.3) is 0 Å². The maximum Gasteiger partial charge on any atom is 0.285 e. The molecule has 3 rings (SSSR count). The Bertz CT molecular complexity index is 1100. The van der Waals surface area contributed by atoms with Gasteiger partial charge < -0.3 is 11.5 Å². The van der Waals surface area contributed by atoms with Crippen LogP contribution in [-0.2, 0) is 10.0 Å². The maximum absolute atomic E-state index is 12.6. The molecule has 2 aromatic carbocycles. The Morgan fingerprint density at radius 3 is 2.15 bits per heavy atom. The summed E-state index contributed by atoms with van der Waals surface area (Å²) >= 11 is 6.12. The number of nitrogens with zero attached hydrogens (tertiary/aromatic N) is 2. The van der Waals surface area contributed by atoms with Gasteiger partial charge >= 0.3 is 0 Å². The molecule has 2 aromatic rings. The van der Waals surface area contributed by atoms with Crippen LogP contribution in [0, 0.1) is 0 Å². The van der Waals surface area contributed by atoms with Crippen molar-refractivity contribution in [3.63, 3.8) is 0 Å². The van der Waals surface area contributed by atoms with E-state index in [-0.39, 0.29) is 27.4 Å². The molecule has 0 saturated carbocycles. The molecule has 0 amide bonds. The molecule has 1 aliphatic rings. The van der Waals surface area contributed by atoms with E-state index < -0.39 is 32.9 Å². The lowest BCUT2D eigenvalue weighted by Crippen LogP contribution is -2.37. The number of benzene rings is 2. The fraction of sp³-hybridized carbons (Fsp3) is 0.0588. The fourth-order valence-electron chi connectivity index (χ4n) is 2.54. The van der Waals surface area contributed by atoms with E-state index in [1.807, 2.05) is 0 Å². The van der Waals surface area contributed by atoms with Crippen molar-refractivity contribution < 1.29 is 18.0 Å². The third-order valence-electron chi connectivity index (χ3n) is 3.75. The zero-order valence-corrected chi connectivity index (χ0v) is 15.2. The molecule has 0 fully saturated rings. The van der Waals surface area contributed by atoms with Gasteiger partial charge in [0.1, 0.15) is 11.1 Å².